The van der Waals surface area contributed by atoms with Crippen LogP contribution in [0.1, 0.15) is 47.0 Å². The van der Waals surface area contributed by atoms with Crippen molar-refractivity contribution in [1.29, 1.82) is 0 Å². The summed E-state index contributed by atoms with van der Waals surface area (Å²) in [5.74, 6) is 1.09. The molecule has 2 saturated carbocycles. The van der Waals surface area contributed by atoms with Crippen molar-refractivity contribution in [2.24, 2.45) is 17.8 Å². The zero-order chi connectivity index (χ0) is 29.6. The van der Waals surface area contributed by atoms with E-state index in [4.69, 9.17) is 4.74 Å². The standard InChI is InChI=1S/C32H38O3P.C5H5.Fe/c1-23(2)25(5)21-27(22-26(19-20-33)24(3)4)35-32(34)30-17-12-18-31(30)36(28-13-8-6-9-14-28)29-15-10-7-11-16-29;1-2-4-5-3-1;/h6-18,20,23-24,26-27H,5,19,21-22H2,1-4H3;1-5H;/t26-,27-;;/m1../s1. The minimum absolute atomic E-state index is 0. The maximum atomic E-state index is 13.7. The molecule has 2 aromatic carbocycles. The predicted octanol–water partition coefficient (Wildman–Crippen LogP) is 7.64. The van der Waals surface area contributed by atoms with Crippen molar-refractivity contribution in [3.8, 4) is 0 Å². The van der Waals surface area contributed by atoms with Crippen molar-refractivity contribution in [1.82, 2.24) is 0 Å². The molecule has 0 aliphatic heterocycles. The Balaban J connectivity index is 0.000000927. The minimum atomic E-state index is -0.912. The molecular weight excluding hydrogens is 579 g/mol. The quantitative estimate of drug-likeness (QED) is 0.0759. The van der Waals surface area contributed by atoms with Crippen LogP contribution in [-0.4, -0.2) is 18.4 Å². The molecule has 0 N–H and O–H groups in total. The topological polar surface area (TPSA) is 43.4 Å². The Morgan fingerprint density at radius 2 is 1.36 bits per heavy atom. The van der Waals surface area contributed by atoms with E-state index in [1.165, 1.54) is 10.6 Å². The molecule has 2 aromatic rings. The van der Waals surface area contributed by atoms with Gasteiger partial charge in [0.2, 0.25) is 0 Å². The molecule has 2 aliphatic carbocycles. The normalized spacial score (nSPS) is 16.9. The van der Waals surface area contributed by atoms with Crippen molar-refractivity contribution in [3.05, 3.63) is 136 Å². The molecule has 10 radical (unpaired) electrons. The molecule has 0 aromatic heterocycles. The average molecular weight is 623 g/mol. The fraction of sp³-hybridized carbons (Fsp3) is 0.297. The summed E-state index contributed by atoms with van der Waals surface area (Å²) in [5, 5.41) is 2.38. The second-order valence-electron chi connectivity index (χ2n) is 11.0. The third kappa shape index (κ3) is 11.4. The number of aldehydes is 1. The van der Waals surface area contributed by atoms with Gasteiger partial charge in [0, 0.05) is 35.6 Å². The second kappa shape index (κ2) is 19.5. The zero-order valence-corrected chi connectivity index (χ0v) is 27.1. The molecular formula is C37H43FeO3P. The van der Waals surface area contributed by atoms with Crippen molar-refractivity contribution < 1.29 is 31.4 Å². The summed E-state index contributed by atoms with van der Waals surface area (Å²) in [6, 6.07) is 20.7. The van der Waals surface area contributed by atoms with E-state index < -0.39 is 7.92 Å². The number of ether oxygens (including phenoxy) is 1. The smallest absolute Gasteiger partial charge is 0.314 e. The molecule has 0 saturated heterocycles. The van der Waals surface area contributed by atoms with E-state index in [2.05, 4.69) is 58.5 Å². The number of rotatable bonds is 13. The van der Waals surface area contributed by atoms with Gasteiger partial charge in [0.15, 0.2) is 0 Å². The third-order valence-corrected chi connectivity index (χ3v) is 9.83. The van der Waals surface area contributed by atoms with E-state index in [1.54, 1.807) is 0 Å². The van der Waals surface area contributed by atoms with Gasteiger partial charge in [-0.05, 0) is 94.1 Å². The fourth-order valence-corrected chi connectivity index (χ4v) is 7.14. The van der Waals surface area contributed by atoms with Crippen LogP contribution in [0.3, 0.4) is 0 Å². The molecule has 2 fully saturated rings. The first-order valence-corrected chi connectivity index (χ1v) is 15.8. The van der Waals surface area contributed by atoms with Crippen molar-refractivity contribution in [2.75, 3.05) is 0 Å². The first-order valence-electron chi connectivity index (χ1n) is 14.5. The Labute approximate surface area is 267 Å². The summed E-state index contributed by atoms with van der Waals surface area (Å²) in [6.45, 7) is 12.7. The van der Waals surface area contributed by atoms with Crippen LogP contribution in [0.5, 0.6) is 0 Å². The summed E-state index contributed by atoms with van der Waals surface area (Å²) in [5.41, 5.74) is 2.06. The number of carbonyl (C=O) groups excluding carboxylic acids is 2. The summed E-state index contributed by atoms with van der Waals surface area (Å²) >= 11 is 0. The largest absolute Gasteiger partial charge is 0.462 e. The van der Waals surface area contributed by atoms with Crippen LogP contribution in [0.25, 0.3) is 0 Å². The van der Waals surface area contributed by atoms with Crippen molar-refractivity contribution >= 4 is 30.8 Å². The molecule has 222 valence electrons. The van der Waals surface area contributed by atoms with Gasteiger partial charge in [-0.3, -0.25) is 4.79 Å². The third-order valence-electron chi connectivity index (χ3n) is 7.33. The molecule has 2 atom stereocenters. The predicted molar refractivity (Wildman–Crippen MR) is 172 cm³/mol. The minimum Gasteiger partial charge on any atom is -0.462 e. The number of benzene rings is 2. The Kier molecular flexibility index (Phi) is 17.0. The van der Waals surface area contributed by atoms with Crippen LogP contribution < -0.4 is 10.6 Å². The summed E-state index contributed by atoms with van der Waals surface area (Å²) in [7, 11) is -0.912. The van der Waals surface area contributed by atoms with E-state index in [0.29, 0.717) is 37.0 Å². The summed E-state index contributed by atoms with van der Waals surface area (Å²) < 4.78 is 6.20. The maximum absolute atomic E-state index is 13.7. The SMILES string of the molecule is C=C(C[C@H](C[C@@H](CC=O)C(C)C)OC(=O)[C]1[CH][CH][CH][C]1P(c1ccccc1)c1ccccc1)C(C)C.[CH]1[CH][CH][CH][CH]1.[Fe]. The summed E-state index contributed by atoms with van der Waals surface area (Å²) in [6.07, 6.45) is 18.2. The first kappa shape index (κ1) is 36.5. The molecule has 0 unspecified atom stereocenters. The molecule has 0 spiro atoms. The Bertz CT molecular complexity index is 1000. The number of carbonyl (C=O) groups is 2. The van der Waals surface area contributed by atoms with Crippen LogP contribution in [0.15, 0.2) is 72.8 Å². The second-order valence-corrected chi connectivity index (χ2v) is 13.2. The molecule has 3 nitrogen and oxygen atoms in total. The molecule has 4 rings (SSSR count). The molecule has 5 heteroatoms. The Morgan fingerprint density at radius 3 is 1.81 bits per heavy atom. The van der Waals surface area contributed by atoms with Gasteiger partial charge in [-0.25, -0.2) is 0 Å². The van der Waals surface area contributed by atoms with Gasteiger partial charge in [0.25, 0.3) is 0 Å². The molecule has 0 heterocycles. The van der Waals surface area contributed by atoms with Crippen LogP contribution in [-0.2, 0) is 31.4 Å². The van der Waals surface area contributed by atoms with E-state index in [1.807, 2.05) is 87.8 Å². The van der Waals surface area contributed by atoms with Gasteiger partial charge in [-0.15, -0.1) is 0 Å². The summed E-state index contributed by atoms with van der Waals surface area (Å²) in [4.78, 5) is 25.0. The number of hydrogen-bond donors (Lipinski definition) is 0. The van der Waals surface area contributed by atoms with E-state index in [9.17, 15) is 9.59 Å². The monoisotopic (exact) mass is 622 g/mol. The molecule has 0 bridgehead atoms. The van der Waals surface area contributed by atoms with Gasteiger partial charge >= 0.3 is 5.97 Å². The molecule has 2 aliphatic rings. The van der Waals surface area contributed by atoms with Crippen molar-refractivity contribution in [2.45, 2.75) is 53.1 Å². The van der Waals surface area contributed by atoms with Crippen LogP contribution in [0, 0.1) is 80.7 Å². The Hall–Kier alpha value is -1.73. The van der Waals surface area contributed by atoms with Crippen LogP contribution >= 0.6 is 7.92 Å². The Morgan fingerprint density at radius 1 is 0.833 bits per heavy atom. The van der Waals surface area contributed by atoms with Gasteiger partial charge in [-0.2, -0.15) is 0 Å². The van der Waals surface area contributed by atoms with Gasteiger partial charge in [0.05, 0.1) is 0 Å². The number of esters is 1. The van der Waals surface area contributed by atoms with E-state index in [-0.39, 0.29) is 35.1 Å². The van der Waals surface area contributed by atoms with E-state index in [0.717, 1.165) is 17.5 Å². The molecule has 42 heavy (non-hydrogen) atoms. The number of hydrogen-bond acceptors (Lipinski definition) is 3. The fourth-order valence-electron chi connectivity index (χ4n) is 4.70. The zero-order valence-electron chi connectivity index (χ0n) is 25.1. The van der Waals surface area contributed by atoms with Gasteiger partial charge in [0.1, 0.15) is 18.3 Å². The van der Waals surface area contributed by atoms with Gasteiger partial charge in [-0.1, -0.05) is 101 Å². The average Bonchev–Trinajstić information content (AvgIpc) is 3.70. The van der Waals surface area contributed by atoms with Crippen LogP contribution in [0.4, 0.5) is 0 Å². The van der Waals surface area contributed by atoms with Crippen LogP contribution in [0.2, 0.25) is 0 Å². The van der Waals surface area contributed by atoms with Gasteiger partial charge < -0.3 is 9.53 Å². The van der Waals surface area contributed by atoms with Crippen molar-refractivity contribution in [3.63, 3.8) is 0 Å². The van der Waals surface area contributed by atoms with E-state index >= 15 is 0 Å². The maximum Gasteiger partial charge on any atom is 0.314 e. The first-order chi connectivity index (χ1) is 19.8. The molecule has 0 amide bonds.